The molecule has 28 heavy (non-hydrogen) atoms. The van der Waals surface area contributed by atoms with Crippen molar-refractivity contribution in [2.24, 2.45) is 0 Å². The van der Waals surface area contributed by atoms with E-state index in [1.807, 2.05) is 16.9 Å². The normalized spacial score (nSPS) is 12.4. The number of rotatable bonds is 6. The van der Waals surface area contributed by atoms with Gasteiger partial charge in [0.15, 0.2) is 6.10 Å². The van der Waals surface area contributed by atoms with Gasteiger partial charge in [-0.3, -0.25) is 14.5 Å². The van der Waals surface area contributed by atoms with Crippen LogP contribution in [-0.4, -0.2) is 31.7 Å². The van der Waals surface area contributed by atoms with Crippen molar-refractivity contribution in [2.45, 2.75) is 13.0 Å². The van der Waals surface area contributed by atoms with Gasteiger partial charge in [0.05, 0.1) is 18.0 Å². The van der Waals surface area contributed by atoms with Crippen molar-refractivity contribution in [3.05, 3.63) is 59.8 Å². The summed E-state index contributed by atoms with van der Waals surface area (Å²) in [6.45, 7) is 1.46. The maximum Gasteiger partial charge on any atom is 0.274 e. The Morgan fingerprint density at radius 3 is 2.43 bits per heavy atom. The van der Waals surface area contributed by atoms with E-state index in [9.17, 15) is 13.2 Å². The summed E-state index contributed by atoms with van der Waals surface area (Å²) in [7, 11) is -3.63. The standard InChI is InChI=1S/C19H17ClN2O5S/c1-12(19(23)22-28(2,24)25)26-15-5-7-16(8-6-15)27-17-9-13-3-4-14(20)10-18(13)21-11-17/h3-12H,1-2H3,(H,22,23). The first-order valence-electron chi connectivity index (χ1n) is 8.21. The van der Waals surface area contributed by atoms with Crippen LogP contribution in [-0.2, 0) is 14.8 Å². The molecule has 1 aromatic heterocycles. The van der Waals surface area contributed by atoms with Crippen molar-refractivity contribution < 1.29 is 22.7 Å². The van der Waals surface area contributed by atoms with E-state index in [1.54, 1.807) is 42.6 Å². The van der Waals surface area contributed by atoms with Gasteiger partial charge in [-0.15, -0.1) is 0 Å². The van der Waals surface area contributed by atoms with Gasteiger partial charge in [0, 0.05) is 10.4 Å². The van der Waals surface area contributed by atoms with Gasteiger partial charge in [-0.25, -0.2) is 8.42 Å². The average molecular weight is 421 g/mol. The third-order valence-corrected chi connectivity index (χ3v) is 4.46. The van der Waals surface area contributed by atoms with Gasteiger partial charge in [-0.1, -0.05) is 17.7 Å². The molecule has 0 aliphatic carbocycles. The van der Waals surface area contributed by atoms with Crippen LogP contribution in [0.25, 0.3) is 10.9 Å². The van der Waals surface area contributed by atoms with E-state index < -0.39 is 22.0 Å². The number of hydrogen-bond donors (Lipinski definition) is 1. The number of amides is 1. The summed E-state index contributed by atoms with van der Waals surface area (Å²) in [5.74, 6) is 0.764. The van der Waals surface area contributed by atoms with E-state index in [0.29, 0.717) is 22.3 Å². The number of benzene rings is 2. The Hall–Kier alpha value is -2.84. The zero-order chi connectivity index (χ0) is 20.3. The smallest absolute Gasteiger partial charge is 0.274 e. The van der Waals surface area contributed by atoms with Crippen molar-refractivity contribution >= 4 is 38.4 Å². The van der Waals surface area contributed by atoms with E-state index >= 15 is 0 Å². The van der Waals surface area contributed by atoms with E-state index in [0.717, 1.165) is 17.2 Å². The molecule has 3 rings (SSSR count). The van der Waals surface area contributed by atoms with Crippen LogP contribution in [0.15, 0.2) is 54.7 Å². The Morgan fingerprint density at radius 2 is 1.75 bits per heavy atom. The molecule has 0 saturated carbocycles. The molecule has 0 bridgehead atoms. The fraction of sp³-hybridized carbons (Fsp3) is 0.158. The third kappa shape index (κ3) is 5.34. The largest absolute Gasteiger partial charge is 0.481 e. The molecule has 0 spiro atoms. The maximum atomic E-state index is 11.7. The predicted molar refractivity (Wildman–Crippen MR) is 106 cm³/mol. The van der Waals surface area contributed by atoms with Gasteiger partial charge in [-0.05, 0) is 49.4 Å². The van der Waals surface area contributed by atoms with Crippen molar-refractivity contribution in [3.63, 3.8) is 0 Å². The Balaban J connectivity index is 1.66. The molecule has 0 saturated heterocycles. The summed E-state index contributed by atoms with van der Waals surface area (Å²) in [5.41, 5.74) is 0.768. The Kier molecular flexibility index (Phi) is 5.71. The van der Waals surface area contributed by atoms with Gasteiger partial charge in [0.25, 0.3) is 5.91 Å². The zero-order valence-corrected chi connectivity index (χ0v) is 16.6. The first-order valence-corrected chi connectivity index (χ1v) is 10.5. The molecule has 1 heterocycles. The number of ether oxygens (including phenoxy) is 2. The fourth-order valence-electron chi connectivity index (χ4n) is 2.38. The van der Waals surface area contributed by atoms with Crippen LogP contribution < -0.4 is 14.2 Å². The van der Waals surface area contributed by atoms with E-state index in [-0.39, 0.29) is 0 Å². The Morgan fingerprint density at radius 1 is 1.07 bits per heavy atom. The first kappa shape index (κ1) is 19.9. The number of pyridine rings is 1. The SMILES string of the molecule is CC(Oc1ccc(Oc2cnc3cc(Cl)ccc3c2)cc1)C(=O)NS(C)(=O)=O. The van der Waals surface area contributed by atoms with Crippen LogP contribution >= 0.6 is 11.6 Å². The molecular weight excluding hydrogens is 404 g/mol. The van der Waals surface area contributed by atoms with Crippen molar-refractivity contribution in [1.82, 2.24) is 9.71 Å². The molecule has 0 aliphatic heterocycles. The lowest BCUT2D eigenvalue weighted by atomic mass is 10.2. The summed E-state index contributed by atoms with van der Waals surface area (Å²) in [4.78, 5) is 16.1. The molecule has 0 fully saturated rings. The van der Waals surface area contributed by atoms with E-state index in [2.05, 4.69) is 4.98 Å². The lowest BCUT2D eigenvalue weighted by Gasteiger charge is -2.14. The number of aromatic nitrogens is 1. The number of nitrogens with one attached hydrogen (secondary N) is 1. The van der Waals surface area contributed by atoms with Crippen LogP contribution in [0.2, 0.25) is 5.02 Å². The van der Waals surface area contributed by atoms with Crippen molar-refractivity contribution in [3.8, 4) is 17.2 Å². The third-order valence-electron chi connectivity index (χ3n) is 3.65. The molecule has 0 radical (unpaired) electrons. The van der Waals surface area contributed by atoms with Gasteiger partial charge in [-0.2, -0.15) is 0 Å². The second-order valence-corrected chi connectivity index (χ2v) is 8.26. The lowest BCUT2D eigenvalue weighted by molar-refractivity contribution is -0.125. The lowest BCUT2D eigenvalue weighted by Crippen LogP contribution is -2.39. The first-order chi connectivity index (χ1) is 13.2. The monoisotopic (exact) mass is 420 g/mol. The van der Waals surface area contributed by atoms with Gasteiger partial charge in [0.1, 0.15) is 17.2 Å². The molecule has 9 heteroatoms. The summed E-state index contributed by atoms with van der Waals surface area (Å²) >= 11 is 5.95. The number of carbonyl (C=O) groups is 1. The minimum Gasteiger partial charge on any atom is -0.481 e. The quantitative estimate of drug-likeness (QED) is 0.655. The van der Waals surface area contributed by atoms with Crippen LogP contribution in [0.1, 0.15) is 6.92 Å². The Labute approximate surface area is 167 Å². The molecular formula is C19H17ClN2O5S. The molecule has 1 unspecified atom stereocenters. The van der Waals surface area contributed by atoms with Crippen molar-refractivity contribution in [1.29, 1.82) is 0 Å². The molecule has 1 N–H and O–H groups in total. The molecule has 3 aromatic rings. The molecule has 2 aromatic carbocycles. The minimum atomic E-state index is -3.63. The summed E-state index contributed by atoms with van der Waals surface area (Å²) < 4.78 is 35.3. The van der Waals surface area contributed by atoms with Gasteiger partial charge >= 0.3 is 0 Å². The second-order valence-electron chi connectivity index (χ2n) is 6.08. The second kappa shape index (κ2) is 8.04. The predicted octanol–water partition coefficient (Wildman–Crippen LogP) is 3.52. The minimum absolute atomic E-state index is 0.398. The summed E-state index contributed by atoms with van der Waals surface area (Å²) in [6.07, 6.45) is 1.53. The Bertz CT molecular complexity index is 1120. The van der Waals surface area contributed by atoms with Gasteiger partial charge in [0.2, 0.25) is 10.0 Å². The molecule has 0 aliphatic rings. The number of sulfonamides is 1. The maximum absolute atomic E-state index is 11.7. The van der Waals surface area contributed by atoms with Crippen LogP contribution in [0, 0.1) is 0 Å². The highest BCUT2D eigenvalue weighted by Crippen LogP contribution is 2.27. The summed E-state index contributed by atoms with van der Waals surface area (Å²) in [6, 6.07) is 13.8. The average Bonchev–Trinajstić information content (AvgIpc) is 2.62. The van der Waals surface area contributed by atoms with E-state index in [1.165, 1.54) is 6.92 Å². The highest BCUT2D eigenvalue weighted by Gasteiger charge is 2.18. The number of hydrogen-bond acceptors (Lipinski definition) is 6. The summed E-state index contributed by atoms with van der Waals surface area (Å²) in [5, 5.41) is 1.51. The molecule has 1 atom stereocenters. The highest BCUT2D eigenvalue weighted by atomic mass is 35.5. The van der Waals surface area contributed by atoms with Gasteiger partial charge < -0.3 is 9.47 Å². The van der Waals surface area contributed by atoms with E-state index in [4.69, 9.17) is 21.1 Å². The highest BCUT2D eigenvalue weighted by molar-refractivity contribution is 7.89. The molecule has 7 nitrogen and oxygen atoms in total. The van der Waals surface area contributed by atoms with Crippen molar-refractivity contribution in [2.75, 3.05) is 6.26 Å². The number of fused-ring (bicyclic) bond motifs is 1. The molecule has 146 valence electrons. The van der Waals surface area contributed by atoms with Crippen LogP contribution in [0.4, 0.5) is 0 Å². The number of halogens is 1. The van der Waals surface area contributed by atoms with Crippen LogP contribution in [0.5, 0.6) is 17.2 Å². The number of nitrogens with zero attached hydrogens (tertiary/aromatic N) is 1. The topological polar surface area (TPSA) is 94.6 Å². The fourth-order valence-corrected chi connectivity index (χ4v) is 3.07. The zero-order valence-electron chi connectivity index (χ0n) is 15.0. The molecule has 1 amide bonds. The van der Waals surface area contributed by atoms with Crippen LogP contribution in [0.3, 0.4) is 0 Å². The number of carbonyl (C=O) groups excluding carboxylic acids is 1.